The lowest BCUT2D eigenvalue weighted by Crippen LogP contribution is -2.27. The van der Waals surface area contributed by atoms with Crippen molar-refractivity contribution in [1.82, 2.24) is 0 Å². The van der Waals surface area contributed by atoms with Crippen LogP contribution in [0.25, 0.3) is 0 Å². The van der Waals surface area contributed by atoms with Gasteiger partial charge in [0.05, 0.1) is 11.6 Å². The molecule has 0 heterocycles. The Balaban J connectivity index is 1.43. The van der Waals surface area contributed by atoms with E-state index in [-0.39, 0.29) is 5.02 Å². The highest BCUT2D eigenvalue weighted by Crippen LogP contribution is 2.41. The van der Waals surface area contributed by atoms with E-state index < -0.39 is 5.82 Å². The molecule has 2 saturated carbocycles. The fourth-order valence-electron chi connectivity index (χ4n) is 4.39. The van der Waals surface area contributed by atoms with Gasteiger partial charge in [-0.3, -0.25) is 0 Å². The molecule has 0 aliphatic heterocycles. The third-order valence-electron chi connectivity index (χ3n) is 6.01. The summed E-state index contributed by atoms with van der Waals surface area (Å²) in [5, 5.41) is 0.137. The van der Waals surface area contributed by atoms with Gasteiger partial charge in [0.1, 0.15) is 0 Å². The number of ether oxygens (including phenoxy) is 1. The summed E-state index contributed by atoms with van der Waals surface area (Å²) >= 11 is 5.80. The van der Waals surface area contributed by atoms with Crippen LogP contribution in [0.5, 0.6) is 5.75 Å². The zero-order valence-electron chi connectivity index (χ0n) is 14.1. The highest BCUT2D eigenvalue weighted by atomic mass is 35.5. The van der Waals surface area contributed by atoms with Gasteiger partial charge in [0.25, 0.3) is 0 Å². The summed E-state index contributed by atoms with van der Waals surface area (Å²) in [5.41, 5.74) is 0. The SMILES string of the molecule is CC1CCC(C2CCC(COc3cccc(Cl)c3F)CC2)CC1. The predicted molar refractivity (Wildman–Crippen MR) is 93.5 cm³/mol. The van der Waals surface area contributed by atoms with Crippen LogP contribution in [-0.4, -0.2) is 6.61 Å². The minimum atomic E-state index is -0.431. The van der Waals surface area contributed by atoms with E-state index in [0.717, 1.165) is 17.8 Å². The summed E-state index contributed by atoms with van der Waals surface area (Å²) in [6.45, 7) is 3.01. The summed E-state index contributed by atoms with van der Waals surface area (Å²) in [4.78, 5) is 0. The number of hydrogen-bond donors (Lipinski definition) is 0. The fraction of sp³-hybridized carbons (Fsp3) is 0.700. The Morgan fingerprint density at radius 1 is 1.00 bits per heavy atom. The third-order valence-corrected chi connectivity index (χ3v) is 6.30. The minimum absolute atomic E-state index is 0.137. The van der Waals surface area contributed by atoms with E-state index in [1.54, 1.807) is 18.2 Å². The van der Waals surface area contributed by atoms with Gasteiger partial charge >= 0.3 is 0 Å². The maximum atomic E-state index is 13.8. The van der Waals surface area contributed by atoms with E-state index in [1.807, 2.05) is 0 Å². The van der Waals surface area contributed by atoms with Crippen molar-refractivity contribution in [3.63, 3.8) is 0 Å². The summed E-state index contributed by atoms with van der Waals surface area (Å²) in [5.74, 6) is 3.23. The van der Waals surface area contributed by atoms with Gasteiger partial charge < -0.3 is 4.74 Å². The van der Waals surface area contributed by atoms with Crippen molar-refractivity contribution < 1.29 is 9.13 Å². The van der Waals surface area contributed by atoms with E-state index in [1.165, 1.54) is 51.4 Å². The molecule has 2 aliphatic rings. The van der Waals surface area contributed by atoms with E-state index in [4.69, 9.17) is 16.3 Å². The molecule has 2 aliphatic carbocycles. The molecule has 0 amide bonds. The Labute approximate surface area is 144 Å². The molecule has 1 aromatic carbocycles. The van der Waals surface area contributed by atoms with Gasteiger partial charge in [-0.1, -0.05) is 37.4 Å². The Bertz CT molecular complexity index is 502. The lowest BCUT2D eigenvalue weighted by Gasteiger charge is -2.37. The second-order valence-electron chi connectivity index (χ2n) is 7.66. The molecule has 0 unspecified atom stereocenters. The molecule has 0 N–H and O–H groups in total. The number of hydrogen-bond acceptors (Lipinski definition) is 1. The Kier molecular flexibility index (Phi) is 5.85. The fourth-order valence-corrected chi connectivity index (χ4v) is 4.55. The number of benzene rings is 1. The van der Waals surface area contributed by atoms with Gasteiger partial charge in [-0.2, -0.15) is 0 Å². The Morgan fingerprint density at radius 3 is 2.26 bits per heavy atom. The summed E-state index contributed by atoms with van der Waals surface area (Å²) in [6.07, 6.45) is 10.8. The topological polar surface area (TPSA) is 9.23 Å². The molecule has 0 bridgehead atoms. The van der Waals surface area contributed by atoms with Gasteiger partial charge in [-0.25, -0.2) is 4.39 Å². The number of halogens is 2. The smallest absolute Gasteiger partial charge is 0.183 e. The van der Waals surface area contributed by atoms with Crippen molar-refractivity contribution in [1.29, 1.82) is 0 Å². The molecule has 0 spiro atoms. The quantitative estimate of drug-likeness (QED) is 0.609. The molecule has 2 fully saturated rings. The van der Waals surface area contributed by atoms with Crippen LogP contribution >= 0.6 is 11.6 Å². The van der Waals surface area contributed by atoms with Gasteiger partial charge in [0.2, 0.25) is 0 Å². The minimum Gasteiger partial charge on any atom is -0.490 e. The van der Waals surface area contributed by atoms with Crippen molar-refractivity contribution in [2.75, 3.05) is 6.61 Å². The van der Waals surface area contributed by atoms with Crippen LogP contribution < -0.4 is 4.74 Å². The normalized spacial score (nSPS) is 31.8. The predicted octanol–water partition coefficient (Wildman–Crippen LogP) is 6.49. The Hall–Kier alpha value is -0.760. The van der Waals surface area contributed by atoms with Gasteiger partial charge in [-0.15, -0.1) is 0 Å². The highest BCUT2D eigenvalue weighted by molar-refractivity contribution is 6.30. The molecule has 128 valence electrons. The monoisotopic (exact) mass is 338 g/mol. The lowest BCUT2D eigenvalue weighted by molar-refractivity contribution is 0.124. The van der Waals surface area contributed by atoms with Crippen LogP contribution in [0.15, 0.2) is 18.2 Å². The van der Waals surface area contributed by atoms with Crippen LogP contribution in [0.2, 0.25) is 5.02 Å². The van der Waals surface area contributed by atoms with Crippen LogP contribution in [0.4, 0.5) is 4.39 Å². The zero-order chi connectivity index (χ0) is 16.2. The van der Waals surface area contributed by atoms with E-state index >= 15 is 0 Å². The second-order valence-corrected chi connectivity index (χ2v) is 8.07. The lowest BCUT2D eigenvalue weighted by atomic mass is 9.69. The molecule has 3 heteroatoms. The first-order valence-electron chi connectivity index (χ1n) is 9.20. The maximum Gasteiger partial charge on any atom is 0.183 e. The van der Waals surface area contributed by atoms with Gasteiger partial charge in [-0.05, 0) is 74.3 Å². The van der Waals surface area contributed by atoms with Crippen LogP contribution in [0.1, 0.15) is 58.3 Å². The maximum absolute atomic E-state index is 13.8. The molecule has 23 heavy (non-hydrogen) atoms. The highest BCUT2D eigenvalue weighted by Gasteiger charge is 2.30. The average molecular weight is 339 g/mol. The average Bonchev–Trinajstić information content (AvgIpc) is 2.57. The molecule has 0 atom stereocenters. The number of rotatable bonds is 4. The molecule has 3 rings (SSSR count). The molecule has 0 saturated heterocycles. The first-order valence-corrected chi connectivity index (χ1v) is 9.58. The van der Waals surface area contributed by atoms with Crippen molar-refractivity contribution >= 4 is 11.6 Å². The molecule has 1 nitrogen and oxygen atoms in total. The van der Waals surface area contributed by atoms with Crippen LogP contribution in [-0.2, 0) is 0 Å². The van der Waals surface area contributed by atoms with Crippen LogP contribution in [0, 0.1) is 29.5 Å². The third kappa shape index (κ3) is 4.41. The van der Waals surface area contributed by atoms with E-state index in [9.17, 15) is 4.39 Å². The second kappa shape index (κ2) is 7.88. The molecule has 0 aromatic heterocycles. The van der Waals surface area contributed by atoms with Crippen molar-refractivity contribution in [2.24, 2.45) is 23.7 Å². The molecular weight excluding hydrogens is 311 g/mol. The summed E-state index contributed by atoms with van der Waals surface area (Å²) in [7, 11) is 0. The molecular formula is C20H28ClFO. The van der Waals surface area contributed by atoms with E-state index in [2.05, 4.69) is 6.92 Å². The van der Waals surface area contributed by atoms with E-state index in [0.29, 0.717) is 18.3 Å². The standard InChI is InChI=1S/C20H28ClFO/c1-14-5-9-16(10-6-14)17-11-7-15(8-12-17)13-23-19-4-2-3-18(21)20(19)22/h2-4,14-17H,5-13H2,1H3. The summed E-state index contributed by atoms with van der Waals surface area (Å²) < 4.78 is 19.5. The Morgan fingerprint density at radius 2 is 1.61 bits per heavy atom. The first kappa shape index (κ1) is 17.1. The van der Waals surface area contributed by atoms with Crippen molar-refractivity contribution in [2.45, 2.75) is 58.3 Å². The van der Waals surface area contributed by atoms with Crippen molar-refractivity contribution in [3.05, 3.63) is 29.0 Å². The van der Waals surface area contributed by atoms with Crippen LogP contribution in [0.3, 0.4) is 0 Å². The van der Waals surface area contributed by atoms with Gasteiger partial charge in [0.15, 0.2) is 11.6 Å². The van der Waals surface area contributed by atoms with Crippen molar-refractivity contribution in [3.8, 4) is 5.75 Å². The first-order chi connectivity index (χ1) is 11.1. The largest absolute Gasteiger partial charge is 0.490 e. The molecule has 1 aromatic rings. The van der Waals surface area contributed by atoms with Gasteiger partial charge in [0, 0.05) is 0 Å². The zero-order valence-corrected chi connectivity index (χ0v) is 14.8. The summed E-state index contributed by atoms with van der Waals surface area (Å²) in [6, 6.07) is 4.96. The molecule has 0 radical (unpaired) electrons.